The molecule has 0 bridgehead atoms. The van der Waals surface area contributed by atoms with Gasteiger partial charge in [-0.15, -0.1) is 0 Å². The summed E-state index contributed by atoms with van der Waals surface area (Å²) in [5.74, 6) is 0.171. The van der Waals surface area contributed by atoms with Crippen LogP contribution in [0.25, 0.3) is 0 Å². The van der Waals surface area contributed by atoms with Gasteiger partial charge < -0.3 is 10.2 Å². The maximum absolute atomic E-state index is 9.66. The zero-order valence-corrected chi connectivity index (χ0v) is 11.7. The normalized spacial score (nSPS) is 13.9. The first-order chi connectivity index (χ1) is 9.83. The highest BCUT2D eigenvalue weighted by atomic mass is 16.3. The van der Waals surface area contributed by atoms with Gasteiger partial charge in [-0.3, -0.25) is 0 Å². The van der Waals surface area contributed by atoms with Crippen LogP contribution < -0.4 is 0 Å². The molecule has 2 atom stereocenters. The molecule has 20 heavy (non-hydrogen) atoms. The lowest BCUT2D eigenvalue weighted by Crippen LogP contribution is -2.26. The van der Waals surface area contributed by atoms with Gasteiger partial charge in [0.15, 0.2) is 0 Å². The quantitative estimate of drug-likeness (QED) is 0.812. The van der Waals surface area contributed by atoms with Gasteiger partial charge in [0.2, 0.25) is 0 Å². The predicted octanol–water partition coefficient (Wildman–Crippen LogP) is 2.69. The topological polar surface area (TPSA) is 40.5 Å². The van der Waals surface area contributed by atoms with Crippen molar-refractivity contribution in [2.45, 2.75) is 12.8 Å². The molecular weight excluding hydrogens is 248 g/mol. The van der Waals surface area contributed by atoms with E-state index >= 15 is 0 Å². The molecule has 0 aliphatic rings. The third kappa shape index (κ3) is 4.19. The summed E-state index contributed by atoms with van der Waals surface area (Å²) >= 11 is 0. The van der Waals surface area contributed by atoms with E-state index in [-0.39, 0.29) is 25.0 Å². The Kier molecular flexibility index (Phi) is 5.78. The SMILES string of the molecule is OCC(Cc1ccccc1)C(CO)Cc1ccccc1. The van der Waals surface area contributed by atoms with Crippen LogP contribution in [-0.2, 0) is 12.8 Å². The van der Waals surface area contributed by atoms with E-state index in [4.69, 9.17) is 0 Å². The smallest absolute Gasteiger partial charge is 0.0466 e. The summed E-state index contributed by atoms with van der Waals surface area (Å²) in [6.45, 7) is 0.208. The summed E-state index contributed by atoms with van der Waals surface area (Å²) < 4.78 is 0. The number of rotatable bonds is 7. The van der Waals surface area contributed by atoms with E-state index in [9.17, 15) is 10.2 Å². The van der Waals surface area contributed by atoms with E-state index in [1.807, 2.05) is 36.4 Å². The number of hydrogen-bond donors (Lipinski definition) is 2. The second kappa shape index (κ2) is 7.83. The molecule has 0 saturated heterocycles. The number of benzene rings is 2. The zero-order valence-electron chi connectivity index (χ0n) is 11.7. The minimum Gasteiger partial charge on any atom is -0.396 e. The van der Waals surface area contributed by atoms with Crippen molar-refractivity contribution in [3.8, 4) is 0 Å². The Bertz CT molecular complexity index is 434. The summed E-state index contributed by atoms with van der Waals surface area (Å²) in [5, 5.41) is 19.3. The van der Waals surface area contributed by atoms with Crippen LogP contribution >= 0.6 is 0 Å². The predicted molar refractivity (Wildman–Crippen MR) is 81.4 cm³/mol. The largest absolute Gasteiger partial charge is 0.396 e. The molecule has 106 valence electrons. The van der Waals surface area contributed by atoms with E-state index in [0.717, 1.165) is 12.8 Å². The Morgan fingerprint density at radius 3 is 1.25 bits per heavy atom. The maximum atomic E-state index is 9.66. The molecule has 2 rings (SSSR count). The Hall–Kier alpha value is -1.64. The van der Waals surface area contributed by atoms with Gasteiger partial charge in [0.25, 0.3) is 0 Å². The van der Waals surface area contributed by atoms with Gasteiger partial charge in [-0.05, 0) is 35.8 Å². The summed E-state index contributed by atoms with van der Waals surface area (Å²) in [6, 6.07) is 20.3. The molecule has 0 amide bonds. The highest BCUT2D eigenvalue weighted by Crippen LogP contribution is 2.21. The van der Waals surface area contributed by atoms with Crippen molar-refractivity contribution in [2.24, 2.45) is 11.8 Å². The van der Waals surface area contributed by atoms with Gasteiger partial charge in [-0.1, -0.05) is 60.7 Å². The average molecular weight is 270 g/mol. The molecule has 0 radical (unpaired) electrons. The van der Waals surface area contributed by atoms with E-state index in [1.165, 1.54) is 11.1 Å². The van der Waals surface area contributed by atoms with Gasteiger partial charge in [0.1, 0.15) is 0 Å². The Morgan fingerprint density at radius 1 is 0.600 bits per heavy atom. The van der Waals surface area contributed by atoms with E-state index in [0.29, 0.717) is 0 Å². The molecule has 2 heteroatoms. The van der Waals surface area contributed by atoms with Gasteiger partial charge in [-0.25, -0.2) is 0 Å². The van der Waals surface area contributed by atoms with Crippen LogP contribution in [0.15, 0.2) is 60.7 Å². The standard InChI is InChI=1S/C18H22O2/c19-13-17(11-15-7-3-1-4-8-15)18(14-20)12-16-9-5-2-6-10-16/h1-10,17-20H,11-14H2. The van der Waals surface area contributed by atoms with E-state index in [2.05, 4.69) is 24.3 Å². The van der Waals surface area contributed by atoms with Crippen molar-refractivity contribution in [3.63, 3.8) is 0 Å². The average Bonchev–Trinajstić information content (AvgIpc) is 2.52. The van der Waals surface area contributed by atoms with Crippen molar-refractivity contribution < 1.29 is 10.2 Å². The molecule has 2 unspecified atom stereocenters. The first kappa shape index (κ1) is 14.8. The molecule has 0 aliphatic carbocycles. The second-order valence-electron chi connectivity index (χ2n) is 5.26. The fourth-order valence-corrected chi connectivity index (χ4v) is 2.59. The van der Waals surface area contributed by atoms with Crippen LogP contribution in [0.4, 0.5) is 0 Å². The highest BCUT2D eigenvalue weighted by Gasteiger charge is 2.21. The number of aliphatic hydroxyl groups is 2. The lowest BCUT2D eigenvalue weighted by molar-refractivity contribution is 0.119. The van der Waals surface area contributed by atoms with E-state index < -0.39 is 0 Å². The fourth-order valence-electron chi connectivity index (χ4n) is 2.59. The molecule has 0 fully saturated rings. The number of aliphatic hydroxyl groups excluding tert-OH is 2. The van der Waals surface area contributed by atoms with Gasteiger partial charge in [0.05, 0.1) is 0 Å². The van der Waals surface area contributed by atoms with Crippen LogP contribution in [0.5, 0.6) is 0 Å². The summed E-state index contributed by atoms with van der Waals surface area (Å²) in [5.41, 5.74) is 2.41. The van der Waals surface area contributed by atoms with Crippen LogP contribution in [0.1, 0.15) is 11.1 Å². The van der Waals surface area contributed by atoms with Crippen LogP contribution in [0.3, 0.4) is 0 Å². The first-order valence-corrected chi connectivity index (χ1v) is 7.13. The van der Waals surface area contributed by atoms with Crippen LogP contribution in [0.2, 0.25) is 0 Å². The first-order valence-electron chi connectivity index (χ1n) is 7.13. The number of hydrogen-bond acceptors (Lipinski definition) is 2. The molecule has 0 spiro atoms. The van der Waals surface area contributed by atoms with Crippen molar-refractivity contribution in [1.29, 1.82) is 0 Å². The third-order valence-electron chi connectivity index (χ3n) is 3.82. The van der Waals surface area contributed by atoms with E-state index in [1.54, 1.807) is 0 Å². The minimum absolute atomic E-state index is 0.0857. The zero-order chi connectivity index (χ0) is 14.2. The molecule has 2 N–H and O–H groups in total. The van der Waals surface area contributed by atoms with Crippen LogP contribution in [-0.4, -0.2) is 23.4 Å². The molecule has 2 aromatic carbocycles. The molecule has 0 aliphatic heterocycles. The minimum atomic E-state index is 0.0857. The maximum Gasteiger partial charge on any atom is 0.0466 e. The van der Waals surface area contributed by atoms with Crippen molar-refractivity contribution >= 4 is 0 Å². The Balaban J connectivity index is 2.04. The third-order valence-corrected chi connectivity index (χ3v) is 3.82. The molecule has 0 heterocycles. The fraction of sp³-hybridized carbons (Fsp3) is 0.333. The molecule has 2 aromatic rings. The summed E-state index contributed by atoms with van der Waals surface area (Å²) in [6.07, 6.45) is 1.60. The summed E-state index contributed by atoms with van der Waals surface area (Å²) in [4.78, 5) is 0. The lowest BCUT2D eigenvalue weighted by atomic mass is 9.84. The van der Waals surface area contributed by atoms with Crippen molar-refractivity contribution in [3.05, 3.63) is 71.8 Å². The highest BCUT2D eigenvalue weighted by molar-refractivity contribution is 5.17. The van der Waals surface area contributed by atoms with Gasteiger partial charge >= 0.3 is 0 Å². The van der Waals surface area contributed by atoms with Gasteiger partial charge in [-0.2, -0.15) is 0 Å². The monoisotopic (exact) mass is 270 g/mol. The van der Waals surface area contributed by atoms with Crippen molar-refractivity contribution in [2.75, 3.05) is 13.2 Å². The Morgan fingerprint density at radius 2 is 0.950 bits per heavy atom. The Labute approximate surface area is 120 Å². The van der Waals surface area contributed by atoms with Gasteiger partial charge in [0, 0.05) is 13.2 Å². The van der Waals surface area contributed by atoms with Crippen molar-refractivity contribution in [1.82, 2.24) is 0 Å². The van der Waals surface area contributed by atoms with Crippen LogP contribution in [0, 0.1) is 11.8 Å². The summed E-state index contributed by atoms with van der Waals surface area (Å²) in [7, 11) is 0. The molecule has 0 saturated carbocycles. The second-order valence-corrected chi connectivity index (χ2v) is 5.26. The molecular formula is C18H22O2. The molecule has 0 aromatic heterocycles. The molecule has 2 nitrogen and oxygen atoms in total. The lowest BCUT2D eigenvalue weighted by Gasteiger charge is -2.24.